The minimum Gasteiger partial charge on any atom is -0.358 e. The van der Waals surface area contributed by atoms with Gasteiger partial charge in [0, 0.05) is 25.7 Å². The number of amides is 4. The molecule has 0 atom stereocenters. The van der Waals surface area contributed by atoms with Gasteiger partial charge in [0.2, 0.25) is 0 Å². The quantitative estimate of drug-likeness (QED) is 0.518. The van der Waals surface area contributed by atoms with Crippen molar-refractivity contribution in [3.05, 3.63) is 0 Å². The Kier molecular flexibility index (Phi) is 5.01. The number of carbonyl (C=O) groups excluding carboxylic acids is 6. The van der Waals surface area contributed by atoms with Crippen molar-refractivity contribution in [3.63, 3.8) is 0 Å². The van der Waals surface area contributed by atoms with E-state index in [9.17, 15) is 28.8 Å². The van der Waals surface area contributed by atoms with Gasteiger partial charge in [-0.1, -0.05) is 0 Å². The molecule has 4 amide bonds. The number of hydrogen-bond donors (Lipinski definition) is 0. The highest BCUT2D eigenvalue weighted by Crippen LogP contribution is 2.13. The van der Waals surface area contributed by atoms with Gasteiger partial charge < -0.3 is 14.4 Å². The summed E-state index contributed by atoms with van der Waals surface area (Å²) < 4.78 is 4.67. The summed E-state index contributed by atoms with van der Waals surface area (Å²) in [5.41, 5.74) is 0. The van der Waals surface area contributed by atoms with Gasteiger partial charge >= 0.3 is 11.9 Å². The zero-order valence-corrected chi connectivity index (χ0v) is 11.8. The molecule has 124 valence electrons. The van der Waals surface area contributed by atoms with Crippen LogP contribution in [0.3, 0.4) is 0 Å². The minimum absolute atomic E-state index is 0.0445. The van der Waals surface area contributed by atoms with Crippen molar-refractivity contribution in [1.29, 1.82) is 0 Å². The second kappa shape index (κ2) is 6.96. The molecule has 11 heteroatoms. The van der Waals surface area contributed by atoms with Gasteiger partial charge in [-0.05, 0) is 0 Å². The van der Waals surface area contributed by atoms with Crippen LogP contribution in [0.25, 0.3) is 0 Å². The van der Waals surface area contributed by atoms with E-state index < -0.39 is 48.8 Å². The molecule has 23 heavy (non-hydrogen) atoms. The molecule has 2 heterocycles. The molecule has 2 aliphatic heterocycles. The van der Waals surface area contributed by atoms with E-state index in [4.69, 9.17) is 0 Å². The fourth-order valence-corrected chi connectivity index (χ4v) is 1.79. The first kappa shape index (κ1) is 16.5. The van der Waals surface area contributed by atoms with Gasteiger partial charge in [-0.2, -0.15) is 0 Å². The van der Waals surface area contributed by atoms with Crippen molar-refractivity contribution in [2.24, 2.45) is 0 Å². The lowest BCUT2D eigenvalue weighted by atomic mass is 10.4. The average molecular weight is 328 g/mol. The second-order valence-corrected chi connectivity index (χ2v) is 4.58. The molecular weight excluding hydrogens is 316 g/mol. The maximum atomic E-state index is 11.4. The highest BCUT2D eigenvalue weighted by atomic mass is 16.7. The summed E-state index contributed by atoms with van der Waals surface area (Å²) in [6.07, 6.45) is -0.178. The Morgan fingerprint density at radius 2 is 1.00 bits per heavy atom. The third kappa shape index (κ3) is 4.10. The topological polar surface area (TPSA) is 137 Å². The molecule has 0 spiro atoms. The minimum atomic E-state index is -1.06. The van der Waals surface area contributed by atoms with E-state index in [1.165, 1.54) is 0 Å². The zero-order chi connectivity index (χ0) is 17.0. The molecule has 2 saturated heterocycles. The lowest BCUT2D eigenvalue weighted by Crippen LogP contribution is -2.35. The van der Waals surface area contributed by atoms with Crippen LogP contribution < -0.4 is 0 Å². The molecule has 11 nitrogen and oxygen atoms in total. The van der Waals surface area contributed by atoms with E-state index in [-0.39, 0.29) is 25.7 Å². The van der Waals surface area contributed by atoms with Crippen LogP contribution in [0.1, 0.15) is 25.7 Å². The first-order valence-corrected chi connectivity index (χ1v) is 6.59. The van der Waals surface area contributed by atoms with Crippen LogP contribution in [0.5, 0.6) is 0 Å². The van der Waals surface area contributed by atoms with E-state index in [0.717, 1.165) is 0 Å². The predicted octanol–water partition coefficient (Wildman–Crippen LogP) is -1.78. The van der Waals surface area contributed by atoms with Crippen LogP contribution in [0, 0.1) is 0 Å². The Balaban J connectivity index is 1.68. The normalized spacial score (nSPS) is 17.9. The summed E-state index contributed by atoms with van der Waals surface area (Å²) in [4.78, 5) is 76.5. The monoisotopic (exact) mass is 328 g/mol. The lowest BCUT2D eigenvalue weighted by molar-refractivity contribution is -0.205. The summed E-state index contributed by atoms with van der Waals surface area (Å²) >= 11 is 0. The van der Waals surface area contributed by atoms with E-state index in [0.29, 0.717) is 10.1 Å². The fourth-order valence-electron chi connectivity index (χ4n) is 1.79. The van der Waals surface area contributed by atoms with E-state index in [2.05, 4.69) is 14.4 Å². The van der Waals surface area contributed by atoms with Crippen molar-refractivity contribution in [2.75, 3.05) is 13.2 Å². The molecule has 0 bridgehead atoms. The van der Waals surface area contributed by atoms with Crippen LogP contribution in [0.4, 0.5) is 0 Å². The number of rotatable bonds is 6. The smallest absolute Gasteiger partial charge is 0.358 e. The maximum absolute atomic E-state index is 11.4. The van der Waals surface area contributed by atoms with Crippen molar-refractivity contribution >= 4 is 35.6 Å². The SMILES string of the molecule is O=C(COCC(=O)ON1C(=O)CCC1=O)ON1C(=O)CCC1=O. The average Bonchev–Trinajstić information content (AvgIpc) is 2.97. The Bertz CT molecular complexity index is 503. The summed E-state index contributed by atoms with van der Waals surface area (Å²) in [5, 5.41) is 0.678. The Morgan fingerprint density at radius 1 is 0.696 bits per heavy atom. The second-order valence-electron chi connectivity index (χ2n) is 4.58. The van der Waals surface area contributed by atoms with Gasteiger partial charge in [0.05, 0.1) is 0 Å². The van der Waals surface area contributed by atoms with Crippen LogP contribution in [-0.4, -0.2) is 58.9 Å². The number of hydrogen-bond acceptors (Lipinski definition) is 9. The third-order valence-electron chi connectivity index (χ3n) is 2.84. The van der Waals surface area contributed by atoms with Gasteiger partial charge in [-0.15, -0.1) is 10.1 Å². The number of nitrogens with zero attached hydrogens (tertiary/aromatic N) is 2. The first-order valence-electron chi connectivity index (χ1n) is 6.59. The fraction of sp³-hybridized carbons (Fsp3) is 0.500. The molecule has 0 saturated carbocycles. The molecule has 0 aromatic rings. The number of ether oxygens (including phenoxy) is 1. The highest BCUT2D eigenvalue weighted by Gasteiger charge is 2.34. The van der Waals surface area contributed by atoms with Crippen molar-refractivity contribution in [1.82, 2.24) is 10.1 Å². The number of hydroxylamine groups is 4. The molecule has 0 N–H and O–H groups in total. The molecular formula is C12H12N2O9. The van der Waals surface area contributed by atoms with Gasteiger partial charge in [0.15, 0.2) is 0 Å². The van der Waals surface area contributed by atoms with Crippen LogP contribution >= 0.6 is 0 Å². The van der Waals surface area contributed by atoms with Crippen molar-refractivity contribution in [3.8, 4) is 0 Å². The molecule has 2 aliphatic rings. The van der Waals surface area contributed by atoms with Crippen molar-refractivity contribution < 1.29 is 43.2 Å². The van der Waals surface area contributed by atoms with Gasteiger partial charge in [-0.25, -0.2) is 9.59 Å². The first-order chi connectivity index (χ1) is 10.9. The molecule has 0 aliphatic carbocycles. The Labute approximate surface area is 128 Å². The number of imide groups is 2. The molecule has 0 unspecified atom stereocenters. The van der Waals surface area contributed by atoms with Gasteiger partial charge in [0.1, 0.15) is 13.2 Å². The van der Waals surface area contributed by atoms with Gasteiger partial charge in [0.25, 0.3) is 23.6 Å². The lowest BCUT2D eigenvalue weighted by Gasteiger charge is -2.13. The van der Waals surface area contributed by atoms with E-state index >= 15 is 0 Å². The summed E-state index contributed by atoms with van der Waals surface area (Å²) in [6, 6.07) is 0. The van der Waals surface area contributed by atoms with Crippen LogP contribution in [0.15, 0.2) is 0 Å². The van der Waals surface area contributed by atoms with Gasteiger partial charge in [-0.3, -0.25) is 19.2 Å². The van der Waals surface area contributed by atoms with Crippen LogP contribution in [-0.2, 0) is 43.2 Å². The largest absolute Gasteiger partial charge is 0.358 e. The molecule has 0 aromatic carbocycles. The molecule has 0 aromatic heterocycles. The third-order valence-corrected chi connectivity index (χ3v) is 2.84. The zero-order valence-electron chi connectivity index (χ0n) is 11.8. The highest BCUT2D eigenvalue weighted by molar-refractivity contribution is 6.02. The van der Waals surface area contributed by atoms with Crippen molar-refractivity contribution in [2.45, 2.75) is 25.7 Å². The standard InChI is InChI=1S/C12H12N2O9/c15-7-1-2-8(16)13(7)22-11(19)5-21-6-12(20)23-14-9(17)3-4-10(14)18/h1-6H2. The summed E-state index contributed by atoms with van der Waals surface area (Å²) in [5.74, 6) is -4.70. The molecule has 2 fully saturated rings. The van der Waals surface area contributed by atoms with E-state index in [1.807, 2.05) is 0 Å². The maximum Gasteiger partial charge on any atom is 0.358 e. The number of carbonyl (C=O) groups is 6. The summed E-state index contributed by atoms with van der Waals surface area (Å²) in [7, 11) is 0. The van der Waals surface area contributed by atoms with E-state index in [1.54, 1.807) is 0 Å². The van der Waals surface area contributed by atoms with Crippen LogP contribution in [0.2, 0.25) is 0 Å². The summed E-state index contributed by atoms with van der Waals surface area (Å²) in [6.45, 7) is -1.46. The molecule has 0 radical (unpaired) electrons. The predicted molar refractivity (Wildman–Crippen MR) is 65.2 cm³/mol. The Morgan fingerprint density at radius 3 is 1.30 bits per heavy atom. The molecule has 2 rings (SSSR count). The Hall–Kier alpha value is -2.82.